The van der Waals surface area contributed by atoms with E-state index in [1.165, 1.54) is 12.0 Å². The number of anilines is 1. The van der Waals surface area contributed by atoms with Gasteiger partial charge in [-0.3, -0.25) is 0 Å². The monoisotopic (exact) mass is 526 g/mol. The maximum Gasteiger partial charge on any atom is 0.229 e. The molecule has 36 heavy (non-hydrogen) atoms. The average Bonchev–Trinajstić information content (AvgIpc) is 3.57. The fourth-order valence-corrected chi connectivity index (χ4v) is 5.49. The Morgan fingerprint density at radius 1 is 1.11 bits per heavy atom. The number of rotatable bonds is 10. The summed E-state index contributed by atoms with van der Waals surface area (Å²) in [5, 5.41) is 5.14. The Morgan fingerprint density at radius 3 is 2.64 bits per heavy atom. The van der Waals surface area contributed by atoms with Crippen molar-refractivity contribution in [2.45, 2.75) is 43.4 Å². The van der Waals surface area contributed by atoms with E-state index in [0.29, 0.717) is 19.1 Å². The molecule has 0 amide bonds. The molecule has 0 unspecified atom stereocenters. The molecule has 1 fully saturated rings. The number of thiazole rings is 1. The van der Waals surface area contributed by atoms with Gasteiger partial charge in [-0.25, -0.2) is 14.3 Å². The zero-order valence-electron chi connectivity index (χ0n) is 20.6. The summed E-state index contributed by atoms with van der Waals surface area (Å²) in [6, 6.07) is 12.3. The van der Waals surface area contributed by atoms with Crippen molar-refractivity contribution in [2.24, 2.45) is 0 Å². The van der Waals surface area contributed by atoms with Gasteiger partial charge in [0, 0.05) is 49.0 Å². The first-order valence-corrected chi connectivity index (χ1v) is 13.7. The number of hydrogen-bond donors (Lipinski definition) is 1. The minimum Gasteiger partial charge on any atom is -0.383 e. The lowest BCUT2D eigenvalue weighted by molar-refractivity contribution is 0.152. The molecule has 0 bridgehead atoms. The van der Waals surface area contributed by atoms with Crippen LogP contribution in [0.15, 0.2) is 45.8 Å². The van der Waals surface area contributed by atoms with E-state index >= 15 is 0 Å². The number of nitrogens with one attached hydrogen (secondary N) is 1. The maximum absolute atomic E-state index is 5.53. The van der Waals surface area contributed by atoms with Gasteiger partial charge in [0.25, 0.3) is 0 Å². The summed E-state index contributed by atoms with van der Waals surface area (Å²) in [6.07, 6.45) is 1.95. The summed E-state index contributed by atoms with van der Waals surface area (Å²) >= 11 is 2.93. The second kappa shape index (κ2) is 11.7. The van der Waals surface area contributed by atoms with Gasteiger partial charge in [0.2, 0.25) is 5.89 Å². The largest absolute Gasteiger partial charge is 0.383 e. The lowest BCUT2D eigenvalue weighted by atomic mass is 9.97. The topological polar surface area (TPSA) is 98.4 Å². The summed E-state index contributed by atoms with van der Waals surface area (Å²) in [6.45, 7) is 7.23. The smallest absolute Gasteiger partial charge is 0.229 e. The third-order valence-electron chi connectivity index (χ3n) is 6.09. The van der Waals surface area contributed by atoms with Crippen LogP contribution in [0, 0.1) is 0 Å². The number of nitrogens with zero attached hydrogens (tertiary/aromatic N) is 5. The lowest BCUT2D eigenvalue weighted by Gasteiger charge is -2.29. The second-order valence-electron chi connectivity index (χ2n) is 9.00. The Balaban J connectivity index is 1.20. The van der Waals surface area contributed by atoms with Crippen LogP contribution in [0.5, 0.6) is 0 Å². The predicted octanol–water partition coefficient (Wildman–Crippen LogP) is 5.42. The molecular weight excluding hydrogens is 496 g/mol. The molecule has 11 heteroatoms. The van der Waals surface area contributed by atoms with Crippen molar-refractivity contribution in [1.29, 1.82) is 0 Å². The molecule has 0 radical (unpaired) electrons. The van der Waals surface area contributed by atoms with Gasteiger partial charge in [-0.15, -0.1) is 0 Å². The van der Waals surface area contributed by atoms with Crippen molar-refractivity contribution >= 4 is 38.9 Å². The number of benzene rings is 1. The Kier molecular flexibility index (Phi) is 8.12. The van der Waals surface area contributed by atoms with E-state index in [4.69, 9.17) is 23.5 Å². The highest BCUT2D eigenvalue weighted by molar-refractivity contribution is 7.94. The predicted molar refractivity (Wildman–Crippen MR) is 142 cm³/mol. The van der Waals surface area contributed by atoms with Crippen LogP contribution in [0.2, 0.25) is 0 Å². The van der Waals surface area contributed by atoms with E-state index in [1.54, 1.807) is 18.4 Å². The Bertz CT molecular complexity index is 1270. The van der Waals surface area contributed by atoms with E-state index < -0.39 is 0 Å². The van der Waals surface area contributed by atoms with Crippen LogP contribution in [0.25, 0.3) is 21.6 Å². The minimum absolute atomic E-state index is 0.280. The first-order chi connectivity index (χ1) is 17.6. The van der Waals surface area contributed by atoms with Crippen molar-refractivity contribution in [3.63, 3.8) is 0 Å². The highest BCUT2D eigenvalue weighted by Crippen LogP contribution is 2.35. The molecule has 4 heterocycles. The molecule has 3 aromatic heterocycles. The molecule has 1 aliphatic heterocycles. The fraction of sp³-hybridized carbons (Fsp3) is 0.440. The normalized spacial score (nSPS) is 14.8. The van der Waals surface area contributed by atoms with E-state index in [2.05, 4.69) is 52.6 Å². The average molecular weight is 527 g/mol. The maximum atomic E-state index is 5.53. The number of hydroxylamine groups is 1. The number of ether oxygens (including phenoxy) is 1. The Morgan fingerprint density at radius 2 is 1.92 bits per heavy atom. The van der Waals surface area contributed by atoms with Crippen LogP contribution in [-0.2, 0) is 9.02 Å². The van der Waals surface area contributed by atoms with Gasteiger partial charge in [0.15, 0.2) is 11.0 Å². The standard InChI is InChI=1S/C25H30N6O3S2/c1-16(2)22-29-23(33-30-22)18-10-13-31(14-11-18)25-28-21-9-8-20(27-24(21)35-25)17-4-6-19(7-5-17)36-34-26-12-15-32-3/h4-9,16,18,26H,10-15H2,1-3H3. The number of fused-ring (bicyclic) bond motifs is 1. The van der Waals surface area contributed by atoms with Gasteiger partial charge in [-0.05, 0) is 37.1 Å². The highest BCUT2D eigenvalue weighted by Gasteiger charge is 2.27. The van der Waals surface area contributed by atoms with Gasteiger partial charge in [0.05, 0.1) is 24.3 Å². The van der Waals surface area contributed by atoms with Crippen molar-refractivity contribution < 1.29 is 13.5 Å². The molecule has 1 aromatic carbocycles. The summed E-state index contributed by atoms with van der Waals surface area (Å²) in [7, 11) is 1.66. The summed E-state index contributed by atoms with van der Waals surface area (Å²) < 4.78 is 15.9. The molecule has 1 aliphatic rings. The molecule has 1 saturated heterocycles. The summed E-state index contributed by atoms with van der Waals surface area (Å²) in [5.41, 5.74) is 5.78. The molecule has 0 spiro atoms. The summed E-state index contributed by atoms with van der Waals surface area (Å²) in [5.74, 6) is 2.15. The van der Waals surface area contributed by atoms with E-state index in [1.807, 2.05) is 18.2 Å². The molecule has 4 aromatic rings. The molecule has 9 nitrogen and oxygen atoms in total. The van der Waals surface area contributed by atoms with Crippen LogP contribution >= 0.6 is 23.4 Å². The van der Waals surface area contributed by atoms with Crippen LogP contribution in [-0.4, -0.2) is 53.5 Å². The van der Waals surface area contributed by atoms with Crippen LogP contribution in [0.3, 0.4) is 0 Å². The van der Waals surface area contributed by atoms with Gasteiger partial charge in [0.1, 0.15) is 10.3 Å². The quantitative estimate of drug-likeness (QED) is 0.164. The van der Waals surface area contributed by atoms with E-state index in [9.17, 15) is 0 Å². The summed E-state index contributed by atoms with van der Waals surface area (Å²) in [4.78, 5) is 18.7. The van der Waals surface area contributed by atoms with Crippen molar-refractivity contribution in [2.75, 3.05) is 38.3 Å². The van der Waals surface area contributed by atoms with Crippen molar-refractivity contribution in [1.82, 2.24) is 25.6 Å². The zero-order valence-corrected chi connectivity index (χ0v) is 22.3. The van der Waals surface area contributed by atoms with Crippen LogP contribution in [0.4, 0.5) is 5.13 Å². The Labute approximate surface area is 218 Å². The molecular formula is C25H30N6O3S2. The van der Waals surface area contributed by atoms with Gasteiger partial charge in [-0.1, -0.05) is 42.5 Å². The van der Waals surface area contributed by atoms with E-state index in [0.717, 1.165) is 69.3 Å². The highest BCUT2D eigenvalue weighted by atomic mass is 32.2. The number of pyridine rings is 1. The number of piperidine rings is 1. The number of aromatic nitrogens is 4. The van der Waals surface area contributed by atoms with E-state index in [-0.39, 0.29) is 5.92 Å². The molecule has 5 rings (SSSR count). The minimum atomic E-state index is 0.280. The molecule has 0 saturated carbocycles. The van der Waals surface area contributed by atoms with Gasteiger partial charge < -0.3 is 14.2 Å². The van der Waals surface area contributed by atoms with Crippen molar-refractivity contribution in [3.8, 4) is 11.3 Å². The molecule has 1 N–H and O–H groups in total. The van der Waals surface area contributed by atoms with Crippen LogP contribution < -0.4 is 10.4 Å². The third kappa shape index (κ3) is 5.87. The zero-order chi connectivity index (χ0) is 24.9. The molecule has 0 aliphatic carbocycles. The molecule has 190 valence electrons. The number of methoxy groups -OCH3 is 1. The van der Waals surface area contributed by atoms with Gasteiger partial charge >= 0.3 is 0 Å². The molecule has 0 atom stereocenters. The number of hydrogen-bond acceptors (Lipinski definition) is 11. The Hall–Kier alpha value is -2.57. The van der Waals surface area contributed by atoms with Gasteiger partial charge in [-0.2, -0.15) is 10.5 Å². The third-order valence-corrected chi connectivity index (χ3v) is 7.78. The first-order valence-electron chi connectivity index (χ1n) is 12.1. The second-order valence-corrected chi connectivity index (χ2v) is 10.8. The fourth-order valence-electron chi connectivity index (χ4n) is 4.01. The van der Waals surface area contributed by atoms with Crippen molar-refractivity contribution in [3.05, 3.63) is 48.1 Å². The first kappa shape index (κ1) is 25.1. The van der Waals surface area contributed by atoms with Crippen LogP contribution in [0.1, 0.15) is 50.2 Å². The SMILES string of the molecule is COCCNOSc1ccc(-c2ccc3nc(N4CCC(c5nc(C(C)C)no5)CC4)sc3n2)cc1. The lowest BCUT2D eigenvalue weighted by Crippen LogP contribution is -2.32.